The van der Waals surface area contributed by atoms with Crippen molar-refractivity contribution >= 4 is 23.7 Å². The van der Waals surface area contributed by atoms with Gasteiger partial charge in [0.25, 0.3) is 0 Å². The predicted molar refractivity (Wildman–Crippen MR) is 142 cm³/mol. The summed E-state index contributed by atoms with van der Waals surface area (Å²) in [4.78, 5) is 27.4. The average molecular weight is 481 g/mol. The molecule has 0 aliphatic rings. The number of benzene rings is 3. The normalized spacial score (nSPS) is 10.9. The second kappa shape index (κ2) is 12.3. The van der Waals surface area contributed by atoms with Gasteiger partial charge in [-0.05, 0) is 23.8 Å². The van der Waals surface area contributed by atoms with Crippen molar-refractivity contribution in [3.8, 4) is 16.9 Å². The van der Waals surface area contributed by atoms with Gasteiger partial charge in [-0.15, -0.1) is 0 Å². The molecule has 0 bridgehead atoms. The lowest BCUT2D eigenvalue weighted by atomic mass is 10.1. The van der Waals surface area contributed by atoms with Crippen molar-refractivity contribution in [2.24, 2.45) is 0 Å². The Balaban J connectivity index is 1.53. The quantitative estimate of drug-likeness (QED) is 0.335. The van der Waals surface area contributed by atoms with Crippen LogP contribution in [-0.4, -0.2) is 53.3 Å². The topological polar surface area (TPSA) is 76.5 Å². The Morgan fingerprint density at radius 3 is 2.25 bits per heavy atom. The second-order valence-corrected chi connectivity index (χ2v) is 8.07. The van der Waals surface area contributed by atoms with E-state index in [9.17, 15) is 9.59 Å². The number of nitrogens with zero attached hydrogens (tertiary/aromatic N) is 3. The first-order valence-corrected chi connectivity index (χ1v) is 11.7. The fourth-order valence-electron chi connectivity index (χ4n) is 3.65. The Labute approximate surface area is 210 Å². The van der Waals surface area contributed by atoms with Gasteiger partial charge in [-0.3, -0.25) is 9.59 Å². The summed E-state index contributed by atoms with van der Waals surface area (Å²) in [5.74, 6) is -0.0825. The number of para-hydroxylation sites is 1. The molecule has 3 aromatic carbocycles. The van der Waals surface area contributed by atoms with E-state index in [0.29, 0.717) is 12.4 Å². The molecule has 0 saturated carbocycles. The number of hydrogen-bond donors (Lipinski definition) is 1. The van der Waals surface area contributed by atoms with Crippen molar-refractivity contribution in [3.63, 3.8) is 0 Å². The van der Waals surface area contributed by atoms with Gasteiger partial charge < -0.3 is 15.0 Å². The van der Waals surface area contributed by atoms with E-state index >= 15 is 0 Å². The van der Waals surface area contributed by atoms with Gasteiger partial charge >= 0.3 is 0 Å². The molecule has 0 aliphatic carbocycles. The lowest BCUT2D eigenvalue weighted by Gasteiger charge is -2.20. The number of methoxy groups -OCH3 is 1. The second-order valence-electron chi connectivity index (χ2n) is 8.07. The van der Waals surface area contributed by atoms with E-state index in [0.717, 1.165) is 22.5 Å². The third-order valence-electron chi connectivity index (χ3n) is 5.48. The predicted octanol–water partition coefficient (Wildman–Crippen LogP) is 4.67. The molecule has 7 heteroatoms. The lowest BCUT2D eigenvalue weighted by Crippen LogP contribution is -2.39. The van der Waals surface area contributed by atoms with Gasteiger partial charge in [0.05, 0.1) is 18.0 Å². The van der Waals surface area contributed by atoms with Crippen LogP contribution in [0.4, 0.5) is 5.82 Å². The van der Waals surface area contributed by atoms with Gasteiger partial charge in [0.1, 0.15) is 12.4 Å². The minimum atomic E-state index is -0.329. The molecule has 182 valence electrons. The molecule has 0 aliphatic heterocycles. The summed E-state index contributed by atoms with van der Waals surface area (Å²) in [5.41, 5.74) is 3.38. The standard InChI is InChI=1S/C29H28N4O3/c1-36-20-19-32(29(35)18-17-23-11-5-2-6-12-23)22-28(34)30-27-21-26(24-13-7-3-8-14-24)31-33(27)25-15-9-4-10-16-25/h2-18,21H,19-20,22H2,1H3,(H,30,34)/b18-17+. The summed E-state index contributed by atoms with van der Waals surface area (Å²) in [6.07, 6.45) is 3.21. The van der Waals surface area contributed by atoms with Crippen LogP contribution in [0.15, 0.2) is 103 Å². The van der Waals surface area contributed by atoms with Crippen LogP contribution in [0.25, 0.3) is 23.0 Å². The van der Waals surface area contributed by atoms with Crippen molar-refractivity contribution in [2.45, 2.75) is 0 Å². The van der Waals surface area contributed by atoms with Crippen LogP contribution in [0.2, 0.25) is 0 Å². The Hall–Kier alpha value is -4.49. The van der Waals surface area contributed by atoms with Crippen LogP contribution in [0.5, 0.6) is 0 Å². The molecule has 0 unspecified atom stereocenters. The summed E-state index contributed by atoms with van der Waals surface area (Å²) in [6, 6.07) is 30.7. The van der Waals surface area contributed by atoms with Gasteiger partial charge in [-0.2, -0.15) is 5.10 Å². The molecule has 4 rings (SSSR count). The number of carbonyl (C=O) groups is 2. The van der Waals surface area contributed by atoms with Crippen molar-refractivity contribution < 1.29 is 14.3 Å². The summed E-state index contributed by atoms with van der Waals surface area (Å²) < 4.78 is 6.84. The highest BCUT2D eigenvalue weighted by atomic mass is 16.5. The first-order chi connectivity index (χ1) is 17.6. The minimum absolute atomic E-state index is 0.123. The number of rotatable bonds is 10. The molecule has 0 atom stereocenters. The molecule has 0 radical (unpaired) electrons. The average Bonchev–Trinajstić information content (AvgIpc) is 3.34. The highest BCUT2D eigenvalue weighted by Gasteiger charge is 2.18. The molecule has 0 spiro atoms. The zero-order valence-corrected chi connectivity index (χ0v) is 20.1. The molecular weight excluding hydrogens is 452 g/mol. The van der Waals surface area contributed by atoms with Crippen LogP contribution in [0.3, 0.4) is 0 Å². The lowest BCUT2D eigenvalue weighted by molar-refractivity contribution is -0.131. The Morgan fingerprint density at radius 2 is 1.58 bits per heavy atom. The van der Waals surface area contributed by atoms with Crippen molar-refractivity contribution in [2.75, 3.05) is 32.1 Å². The fourth-order valence-corrected chi connectivity index (χ4v) is 3.65. The number of anilines is 1. The van der Waals surface area contributed by atoms with E-state index in [2.05, 4.69) is 5.32 Å². The first kappa shape index (κ1) is 24.6. The largest absolute Gasteiger partial charge is 0.383 e. The SMILES string of the molecule is COCCN(CC(=O)Nc1cc(-c2ccccc2)nn1-c1ccccc1)C(=O)/C=C/c1ccccc1. The summed E-state index contributed by atoms with van der Waals surface area (Å²) >= 11 is 0. The number of hydrogen-bond acceptors (Lipinski definition) is 4. The molecule has 0 saturated heterocycles. The molecule has 0 fully saturated rings. The number of carbonyl (C=O) groups excluding carboxylic acids is 2. The number of amides is 2. The molecule has 36 heavy (non-hydrogen) atoms. The third-order valence-corrected chi connectivity index (χ3v) is 5.48. The van der Waals surface area contributed by atoms with Crippen LogP contribution < -0.4 is 5.32 Å². The Morgan fingerprint density at radius 1 is 0.944 bits per heavy atom. The van der Waals surface area contributed by atoms with Crippen LogP contribution in [0.1, 0.15) is 5.56 Å². The van der Waals surface area contributed by atoms with Gasteiger partial charge in [-0.1, -0.05) is 78.9 Å². The van der Waals surface area contributed by atoms with E-state index in [1.54, 1.807) is 17.9 Å². The van der Waals surface area contributed by atoms with Crippen molar-refractivity contribution in [3.05, 3.63) is 109 Å². The van der Waals surface area contributed by atoms with Gasteiger partial charge in [0, 0.05) is 31.4 Å². The molecule has 1 aromatic heterocycles. The van der Waals surface area contributed by atoms with E-state index in [1.807, 2.05) is 97.1 Å². The number of ether oxygens (including phenoxy) is 1. The molecule has 1 N–H and O–H groups in total. The molecule has 4 aromatic rings. The van der Waals surface area contributed by atoms with E-state index < -0.39 is 0 Å². The van der Waals surface area contributed by atoms with E-state index in [-0.39, 0.29) is 24.9 Å². The van der Waals surface area contributed by atoms with E-state index in [4.69, 9.17) is 9.84 Å². The van der Waals surface area contributed by atoms with Gasteiger partial charge in [0.2, 0.25) is 11.8 Å². The molecule has 7 nitrogen and oxygen atoms in total. The Kier molecular flexibility index (Phi) is 8.40. The van der Waals surface area contributed by atoms with Gasteiger partial charge in [0.15, 0.2) is 0 Å². The Bertz CT molecular complexity index is 1300. The maximum Gasteiger partial charge on any atom is 0.247 e. The monoisotopic (exact) mass is 480 g/mol. The molecular formula is C29H28N4O3. The number of aromatic nitrogens is 2. The maximum absolute atomic E-state index is 13.1. The number of nitrogens with one attached hydrogen (secondary N) is 1. The van der Waals surface area contributed by atoms with Crippen LogP contribution in [0, 0.1) is 0 Å². The summed E-state index contributed by atoms with van der Waals surface area (Å²) in [6.45, 7) is 0.482. The van der Waals surface area contributed by atoms with E-state index in [1.165, 1.54) is 11.0 Å². The van der Waals surface area contributed by atoms with Crippen molar-refractivity contribution in [1.82, 2.24) is 14.7 Å². The highest BCUT2D eigenvalue weighted by Crippen LogP contribution is 2.24. The zero-order valence-electron chi connectivity index (χ0n) is 20.1. The highest BCUT2D eigenvalue weighted by molar-refractivity contribution is 5.98. The van der Waals surface area contributed by atoms with Crippen LogP contribution >= 0.6 is 0 Å². The molecule has 1 heterocycles. The fraction of sp³-hybridized carbons (Fsp3) is 0.138. The van der Waals surface area contributed by atoms with Crippen molar-refractivity contribution in [1.29, 1.82) is 0 Å². The van der Waals surface area contributed by atoms with Crippen LogP contribution in [-0.2, 0) is 14.3 Å². The maximum atomic E-state index is 13.1. The smallest absolute Gasteiger partial charge is 0.247 e. The minimum Gasteiger partial charge on any atom is -0.383 e. The first-order valence-electron chi connectivity index (χ1n) is 11.7. The zero-order chi connectivity index (χ0) is 25.2. The molecule has 2 amide bonds. The van der Waals surface area contributed by atoms with Gasteiger partial charge in [-0.25, -0.2) is 4.68 Å². The summed E-state index contributed by atoms with van der Waals surface area (Å²) in [7, 11) is 1.56. The summed E-state index contributed by atoms with van der Waals surface area (Å²) in [5, 5.41) is 7.66. The third kappa shape index (κ3) is 6.55.